The van der Waals surface area contributed by atoms with Crippen LogP contribution in [0.5, 0.6) is 5.75 Å². The molecule has 1 aromatic rings. The van der Waals surface area contributed by atoms with Gasteiger partial charge in [0.15, 0.2) is 6.10 Å². The van der Waals surface area contributed by atoms with Gasteiger partial charge >= 0.3 is 12.0 Å². The Hall–Kier alpha value is -2.66. The molecule has 1 unspecified atom stereocenters. The molecule has 0 saturated heterocycles. The zero-order valence-electron chi connectivity index (χ0n) is 14.7. The topological polar surface area (TPSA) is 154 Å². The van der Waals surface area contributed by atoms with E-state index in [0.717, 1.165) is 6.07 Å². The summed E-state index contributed by atoms with van der Waals surface area (Å²) >= 11 is 0. The van der Waals surface area contributed by atoms with Crippen LogP contribution in [-0.2, 0) is 19.6 Å². The molecule has 0 radical (unpaired) electrons. The lowest BCUT2D eigenvalue weighted by Gasteiger charge is -2.15. The summed E-state index contributed by atoms with van der Waals surface area (Å²) < 4.78 is 32.9. The maximum absolute atomic E-state index is 12.1. The minimum Gasteiger partial charge on any atom is -0.495 e. The fraction of sp³-hybridized carbons (Fsp3) is 0.400. The molecule has 0 aliphatic heterocycles. The van der Waals surface area contributed by atoms with Gasteiger partial charge in [-0.1, -0.05) is 0 Å². The second-order valence-electron chi connectivity index (χ2n) is 5.58. The summed E-state index contributed by atoms with van der Waals surface area (Å²) in [6, 6.07) is 2.56. The van der Waals surface area contributed by atoms with Crippen molar-refractivity contribution in [2.45, 2.75) is 37.8 Å². The van der Waals surface area contributed by atoms with Gasteiger partial charge in [-0.3, -0.25) is 10.1 Å². The van der Waals surface area contributed by atoms with Crippen molar-refractivity contribution in [3.8, 4) is 5.75 Å². The summed E-state index contributed by atoms with van der Waals surface area (Å²) in [5, 5.41) is 9.54. The van der Waals surface area contributed by atoms with Crippen LogP contribution in [0.4, 0.5) is 4.79 Å². The van der Waals surface area contributed by atoms with Crippen molar-refractivity contribution in [3.05, 3.63) is 23.8 Å². The van der Waals surface area contributed by atoms with E-state index in [4.69, 9.17) is 14.6 Å². The molecule has 0 aliphatic carbocycles. The van der Waals surface area contributed by atoms with Gasteiger partial charge in [-0.25, -0.2) is 23.1 Å². The number of hydrogen-bond donors (Lipinski definition) is 3. The summed E-state index contributed by atoms with van der Waals surface area (Å²) in [7, 11) is -2.89. The third-order valence-electron chi connectivity index (χ3n) is 3.02. The van der Waals surface area contributed by atoms with Gasteiger partial charge < -0.3 is 14.8 Å². The fourth-order valence-electron chi connectivity index (χ4n) is 1.82. The number of esters is 1. The van der Waals surface area contributed by atoms with E-state index >= 15 is 0 Å². The van der Waals surface area contributed by atoms with Crippen LogP contribution in [0.15, 0.2) is 23.1 Å². The number of sulfonamides is 1. The number of primary sulfonamides is 1. The number of urea groups is 1. The van der Waals surface area contributed by atoms with Crippen LogP contribution in [0.2, 0.25) is 0 Å². The van der Waals surface area contributed by atoms with Crippen LogP contribution >= 0.6 is 0 Å². The van der Waals surface area contributed by atoms with Gasteiger partial charge in [0.1, 0.15) is 10.6 Å². The first-order valence-electron chi connectivity index (χ1n) is 7.49. The molecule has 144 valence electrons. The molecule has 0 aromatic heterocycles. The lowest BCUT2D eigenvalue weighted by molar-refractivity contribution is -0.127. The summed E-state index contributed by atoms with van der Waals surface area (Å²) in [5.41, 5.74) is -0.152. The van der Waals surface area contributed by atoms with Crippen LogP contribution in [0.1, 0.15) is 31.1 Å². The predicted octanol–water partition coefficient (Wildman–Crippen LogP) is 0.122. The summed E-state index contributed by atoms with van der Waals surface area (Å²) in [6.07, 6.45) is -1.29. The number of imide groups is 1. The van der Waals surface area contributed by atoms with Crippen LogP contribution < -0.4 is 20.5 Å². The molecule has 1 rings (SSSR count). The summed E-state index contributed by atoms with van der Waals surface area (Å²) in [4.78, 5) is 35.0. The molecule has 26 heavy (non-hydrogen) atoms. The van der Waals surface area contributed by atoms with E-state index in [-0.39, 0.29) is 17.4 Å². The van der Waals surface area contributed by atoms with Gasteiger partial charge in [0.05, 0.1) is 12.7 Å². The first-order chi connectivity index (χ1) is 12.0. The van der Waals surface area contributed by atoms with Gasteiger partial charge in [-0.2, -0.15) is 0 Å². The first-order valence-corrected chi connectivity index (χ1v) is 9.03. The highest BCUT2D eigenvalue weighted by Gasteiger charge is 2.23. The lowest BCUT2D eigenvalue weighted by atomic mass is 10.2. The van der Waals surface area contributed by atoms with Crippen LogP contribution in [0.25, 0.3) is 0 Å². The number of hydrogen-bond acceptors (Lipinski definition) is 7. The number of methoxy groups -OCH3 is 1. The van der Waals surface area contributed by atoms with Crippen LogP contribution in [-0.4, -0.2) is 45.6 Å². The van der Waals surface area contributed by atoms with Crippen molar-refractivity contribution in [2.75, 3.05) is 7.11 Å². The molecular formula is C15H21N3O7S. The van der Waals surface area contributed by atoms with E-state index in [0.29, 0.717) is 0 Å². The standard InChI is InChI=1S/C15H21N3O7S/c1-8(2)17-15(21)18-13(19)9(3)25-14(20)10-5-6-11(24-4)12(7-10)26(16,22)23/h5-9H,1-4H3,(H2,16,22,23)(H2,17,18,19,21). The Balaban J connectivity index is 2.87. The van der Waals surface area contributed by atoms with Crippen molar-refractivity contribution in [2.24, 2.45) is 5.14 Å². The van der Waals surface area contributed by atoms with E-state index in [1.165, 1.54) is 26.2 Å². The SMILES string of the molecule is COc1ccc(C(=O)OC(C)C(=O)NC(=O)NC(C)C)cc1S(N)(=O)=O. The molecule has 0 aliphatic rings. The van der Waals surface area contributed by atoms with Crippen molar-refractivity contribution in [1.29, 1.82) is 0 Å². The van der Waals surface area contributed by atoms with Gasteiger partial charge in [0.25, 0.3) is 5.91 Å². The maximum Gasteiger partial charge on any atom is 0.338 e. The van der Waals surface area contributed by atoms with Gasteiger partial charge in [-0.15, -0.1) is 0 Å². The number of carbonyl (C=O) groups is 3. The molecular weight excluding hydrogens is 366 g/mol. The number of rotatable bonds is 6. The molecule has 0 fully saturated rings. The smallest absolute Gasteiger partial charge is 0.338 e. The average Bonchev–Trinajstić information content (AvgIpc) is 2.52. The Labute approximate surface area is 151 Å². The third-order valence-corrected chi connectivity index (χ3v) is 3.95. The number of ether oxygens (including phenoxy) is 2. The lowest BCUT2D eigenvalue weighted by Crippen LogP contribution is -2.46. The highest BCUT2D eigenvalue weighted by molar-refractivity contribution is 7.89. The molecule has 10 nitrogen and oxygen atoms in total. The van der Waals surface area contributed by atoms with Crippen molar-refractivity contribution >= 4 is 27.9 Å². The van der Waals surface area contributed by atoms with E-state index in [1.54, 1.807) is 13.8 Å². The zero-order valence-corrected chi connectivity index (χ0v) is 15.5. The number of carbonyl (C=O) groups excluding carboxylic acids is 3. The Morgan fingerprint density at radius 1 is 1.15 bits per heavy atom. The molecule has 1 atom stereocenters. The quantitative estimate of drug-likeness (QED) is 0.586. The number of amides is 3. The van der Waals surface area contributed by atoms with Crippen molar-refractivity contribution < 1.29 is 32.3 Å². The second kappa shape index (κ2) is 8.63. The fourth-order valence-corrected chi connectivity index (χ4v) is 2.54. The highest BCUT2D eigenvalue weighted by Crippen LogP contribution is 2.24. The molecule has 0 bridgehead atoms. The minimum atomic E-state index is -4.14. The van der Waals surface area contributed by atoms with Crippen LogP contribution in [0.3, 0.4) is 0 Å². The Morgan fingerprint density at radius 3 is 2.27 bits per heavy atom. The molecule has 0 spiro atoms. The molecule has 11 heteroatoms. The number of nitrogens with two attached hydrogens (primary N) is 1. The first kappa shape index (κ1) is 21.4. The Kier molecular flexibility index (Phi) is 7.10. The average molecular weight is 387 g/mol. The Morgan fingerprint density at radius 2 is 1.77 bits per heavy atom. The van der Waals surface area contributed by atoms with Gasteiger partial charge in [0.2, 0.25) is 10.0 Å². The van der Waals surface area contributed by atoms with Crippen LogP contribution in [0, 0.1) is 0 Å². The van der Waals surface area contributed by atoms with E-state index in [9.17, 15) is 22.8 Å². The number of benzene rings is 1. The van der Waals surface area contributed by atoms with E-state index < -0.39 is 38.9 Å². The van der Waals surface area contributed by atoms with Crippen molar-refractivity contribution in [1.82, 2.24) is 10.6 Å². The molecule has 1 aromatic carbocycles. The predicted molar refractivity (Wildman–Crippen MR) is 91.1 cm³/mol. The number of nitrogens with one attached hydrogen (secondary N) is 2. The van der Waals surface area contributed by atoms with E-state index in [1.807, 2.05) is 5.32 Å². The molecule has 0 saturated carbocycles. The van der Waals surface area contributed by atoms with E-state index in [2.05, 4.69) is 5.32 Å². The molecule has 0 heterocycles. The zero-order chi connectivity index (χ0) is 20.1. The van der Waals surface area contributed by atoms with Crippen molar-refractivity contribution in [3.63, 3.8) is 0 Å². The largest absolute Gasteiger partial charge is 0.495 e. The third kappa shape index (κ3) is 6.01. The van der Waals surface area contributed by atoms with Gasteiger partial charge in [-0.05, 0) is 39.0 Å². The molecule has 4 N–H and O–H groups in total. The molecule has 3 amide bonds. The monoisotopic (exact) mass is 387 g/mol. The maximum atomic E-state index is 12.1. The summed E-state index contributed by atoms with van der Waals surface area (Å²) in [6.45, 7) is 4.68. The summed E-state index contributed by atoms with van der Waals surface area (Å²) in [5.74, 6) is -1.85. The highest BCUT2D eigenvalue weighted by atomic mass is 32.2. The Bertz CT molecular complexity index is 805. The second-order valence-corrected chi connectivity index (χ2v) is 7.11. The minimum absolute atomic E-state index is 0.0415. The van der Waals surface area contributed by atoms with Gasteiger partial charge in [0, 0.05) is 6.04 Å². The normalized spacial score (nSPS) is 12.2.